The predicted molar refractivity (Wildman–Crippen MR) is 85.1 cm³/mol. The molecule has 1 aliphatic heterocycles. The van der Waals surface area contributed by atoms with E-state index in [0.29, 0.717) is 24.6 Å². The Balaban J connectivity index is 1.45. The molecule has 0 amide bonds. The van der Waals surface area contributed by atoms with Gasteiger partial charge in [-0.2, -0.15) is 0 Å². The van der Waals surface area contributed by atoms with Crippen molar-refractivity contribution in [2.45, 2.75) is 31.8 Å². The zero-order chi connectivity index (χ0) is 14.7. The van der Waals surface area contributed by atoms with Gasteiger partial charge in [-0.25, -0.2) is 8.42 Å². The van der Waals surface area contributed by atoms with Gasteiger partial charge in [-0.15, -0.1) is 0 Å². The summed E-state index contributed by atoms with van der Waals surface area (Å²) in [4.78, 5) is 2.23. The van der Waals surface area contributed by atoms with Crippen molar-refractivity contribution < 1.29 is 8.42 Å². The van der Waals surface area contributed by atoms with Crippen molar-refractivity contribution in [2.24, 2.45) is 0 Å². The van der Waals surface area contributed by atoms with Gasteiger partial charge in [-0.3, -0.25) is 4.90 Å². The first-order valence-electron chi connectivity index (χ1n) is 7.85. The van der Waals surface area contributed by atoms with Crippen LogP contribution >= 0.6 is 0 Å². The van der Waals surface area contributed by atoms with E-state index in [1.807, 2.05) is 0 Å². The van der Waals surface area contributed by atoms with Gasteiger partial charge in [-0.1, -0.05) is 24.3 Å². The van der Waals surface area contributed by atoms with E-state index in [1.165, 1.54) is 24.0 Å². The molecule has 1 saturated heterocycles. The lowest BCUT2D eigenvalue weighted by Crippen LogP contribution is -2.39. The van der Waals surface area contributed by atoms with Crippen LogP contribution in [0.5, 0.6) is 0 Å². The Bertz CT molecular complexity index is 550. The topological polar surface area (TPSA) is 49.4 Å². The van der Waals surface area contributed by atoms with Crippen molar-refractivity contribution in [3.8, 4) is 0 Å². The van der Waals surface area contributed by atoms with E-state index in [-0.39, 0.29) is 0 Å². The van der Waals surface area contributed by atoms with E-state index in [4.69, 9.17) is 0 Å². The molecule has 0 unspecified atom stereocenters. The maximum Gasteiger partial charge on any atom is 0.152 e. The standard InChI is InChI=1S/C16H24N2O2S/c19-21(20)11-9-18(10-12-21)13-15-3-1-14(2-4-15)7-8-17-16-5-6-16/h1-4,16-17H,5-13H2. The first-order chi connectivity index (χ1) is 10.1. The second kappa shape index (κ2) is 6.46. The Morgan fingerprint density at radius 2 is 1.67 bits per heavy atom. The maximum absolute atomic E-state index is 11.4. The minimum absolute atomic E-state index is 0.303. The molecule has 1 aromatic rings. The lowest BCUT2D eigenvalue weighted by molar-refractivity contribution is 0.287. The molecule has 3 rings (SSSR count). The number of hydrogen-bond acceptors (Lipinski definition) is 4. The third-order valence-electron chi connectivity index (χ3n) is 4.29. The summed E-state index contributed by atoms with van der Waals surface area (Å²) in [6.07, 6.45) is 3.76. The van der Waals surface area contributed by atoms with E-state index >= 15 is 0 Å². The highest BCUT2D eigenvalue weighted by molar-refractivity contribution is 7.91. The van der Waals surface area contributed by atoms with Crippen LogP contribution in [0.1, 0.15) is 24.0 Å². The molecule has 2 aliphatic rings. The van der Waals surface area contributed by atoms with Crippen LogP contribution in [0.25, 0.3) is 0 Å². The smallest absolute Gasteiger partial charge is 0.152 e. The van der Waals surface area contributed by atoms with Crippen LogP contribution in [0, 0.1) is 0 Å². The molecule has 1 heterocycles. The molecule has 2 fully saturated rings. The molecular formula is C16H24N2O2S. The molecule has 1 saturated carbocycles. The monoisotopic (exact) mass is 308 g/mol. The second-order valence-electron chi connectivity index (χ2n) is 6.22. The van der Waals surface area contributed by atoms with Crippen LogP contribution in [-0.4, -0.2) is 50.5 Å². The molecule has 0 spiro atoms. The molecule has 5 heteroatoms. The molecule has 116 valence electrons. The highest BCUT2D eigenvalue weighted by Gasteiger charge is 2.21. The Hall–Kier alpha value is -0.910. The van der Waals surface area contributed by atoms with Crippen molar-refractivity contribution in [2.75, 3.05) is 31.1 Å². The van der Waals surface area contributed by atoms with Gasteiger partial charge in [0, 0.05) is 25.7 Å². The first-order valence-corrected chi connectivity index (χ1v) is 9.67. The van der Waals surface area contributed by atoms with Crippen LogP contribution in [0.15, 0.2) is 24.3 Å². The van der Waals surface area contributed by atoms with E-state index in [2.05, 4.69) is 34.5 Å². The number of sulfone groups is 1. The summed E-state index contributed by atoms with van der Waals surface area (Å²) in [6, 6.07) is 9.53. The summed E-state index contributed by atoms with van der Waals surface area (Å²) in [7, 11) is -2.78. The summed E-state index contributed by atoms with van der Waals surface area (Å²) in [5.74, 6) is 0.607. The number of nitrogens with zero attached hydrogens (tertiary/aromatic N) is 1. The van der Waals surface area contributed by atoms with Gasteiger partial charge in [0.25, 0.3) is 0 Å². The predicted octanol–water partition coefficient (Wildman–Crippen LogP) is 1.21. The van der Waals surface area contributed by atoms with Crippen LogP contribution in [-0.2, 0) is 22.8 Å². The minimum atomic E-state index is -2.78. The summed E-state index contributed by atoms with van der Waals surface area (Å²) >= 11 is 0. The third kappa shape index (κ3) is 4.80. The Labute approximate surface area is 127 Å². The molecule has 1 aliphatic carbocycles. The van der Waals surface area contributed by atoms with E-state index in [9.17, 15) is 8.42 Å². The highest BCUT2D eigenvalue weighted by atomic mass is 32.2. The summed E-state index contributed by atoms with van der Waals surface area (Å²) in [5, 5.41) is 3.53. The highest BCUT2D eigenvalue weighted by Crippen LogP contribution is 2.18. The number of rotatable bonds is 6. The average Bonchev–Trinajstić information content (AvgIpc) is 3.27. The second-order valence-corrected chi connectivity index (χ2v) is 8.53. The Morgan fingerprint density at radius 3 is 2.29 bits per heavy atom. The molecule has 0 atom stereocenters. The quantitative estimate of drug-likeness (QED) is 0.858. The molecule has 21 heavy (non-hydrogen) atoms. The lowest BCUT2D eigenvalue weighted by atomic mass is 10.1. The van der Waals surface area contributed by atoms with E-state index < -0.39 is 9.84 Å². The Morgan fingerprint density at radius 1 is 1.05 bits per heavy atom. The summed E-state index contributed by atoms with van der Waals surface area (Å²) < 4.78 is 22.8. The van der Waals surface area contributed by atoms with Crippen molar-refractivity contribution in [3.05, 3.63) is 35.4 Å². The largest absolute Gasteiger partial charge is 0.314 e. The third-order valence-corrected chi connectivity index (χ3v) is 5.90. The van der Waals surface area contributed by atoms with Gasteiger partial charge in [0.1, 0.15) is 0 Å². The normalized spacial score (nSPS) is 22.3. The van der Waals surface area contributed by atoms with Gasteiger partial charge < -0.3 is 5.32 Å². The van der Waals surface area contributed by atoms with E-state index in [1.54, 1.807) is 0 Å². The van der Waals surface area contributed by atoms with Crippen molar-refractivity contribution in [1.82, 2.24) is 10.2 Å². The number of benzene rings is 1. The van der Waals surface area contributed by atoms with Crippen molar-refractivity contribution in [1.29, 1.82) is 0 Å². The summed E-state index contributed by atoms with van der Waals surface area (Å²) in [5.41, 5.74) is 2.64. The minimum Gasteiger partial charge on any atom is -0.314 e. The van der Waals surface area contributed by atoms with Gasteiger partial charge in [0.05, 0.1) is 11.5 Å². The fourth-order valence-corrected chi connectivity index (χ4v) is 3.96. The molecule has 1 N–H and O–H groups in total. The van der Waals surface area contributed by atoms with Crippen LogP contribution in [0.2, 0.25) is 0 Å². The van der Waals surface area contributed by atoms with Gasteiger partial charge in [-0.05, 0) is 36.9 Å². The van der Waals surface area contributed by atoms with Gasteiger partial charge in [0.2, 0.25) is 0 Å². The van der Waals surface area contributed by atoms with Gasteiger partial charge in [0.15, 0.2) is 9.84 Å². The van der Waals surface area contributed by atoms with Gasteiger partial charge >= 0.3 is 0 Å². The zero-order valence-corrected chi connectivity index (χ0v) is 13.2. The van der Waals surface area contributed by atoms with E-state index in [0.717, 1.165) is 25.6 Å². The maximum atomic E-state index is 11.4. The molecule has 0 aromatic heterocycles. The lowest BCUT2D eigenvalue weighted by Gasteiger charge is -2.26. The fourth-order valence-electron chi connectivity index (χ4n) is 2.69. The number of nitrogens with one attached hydrogen (secondary N) is 1. The average molecular weight is 308 g/mol. The van der Waals surface area contributed by atoms with Crippen LogP contribution in [0.3, 0.4) is 0 Å². The molecule has 1 aromatic carbocycles. The summed E-state index contributed by atoms with van der Waals surface area (Å²) in [6.45, 7) is 3.24. The number of hydrogen-bond donors (Lipinski definition) is 1. The molecule has 4 nitrogen and oxygen atoms in total. The van der Waals surface area contributed by atoms with Crippen LogP contribution < -0.4 is 5.32 Å². The fraction of sp³-hybridized carbons (Fsp3) is 0.625. The SMILES string of the molecule is O=S1(=O)CCN(Cc2ccc(CCNC3CC3)cc2)CC1. The zero-order valence-electron chi connectivity index (χ0n) is 12.4. The van der Waals surface area contributed by atoms with Crippen molar-refractivity contribution >= 4 is 9.84 Å². The molecular weight excluding hydrogens is 284 g/mol. The molecule has 0 bridgehead atoms. The Kier molecular flexibility index (Phi) is 4.62. The first kappa shape index (κ1) is 15.0. The van der Waals surface area contributed by atoms with Crippen LogP contribution in [0.4, 0.5) is 0 Å². The van der Waals surface area contributed by atoms with Crippen molar-refractivity contribution in [3.63, 3.8) is 0 Å². The molecule has 0 radical (unpaired) electrons.